The summed E-state index contributed by atoms with van der Waals surface area (Å²) < 4.78 is 71.7. The molecule has 12 heavy (non-hydrogen) atoms. The smallest absolute Gasteiger partial charge is 0.241 e. The number of halogens is 6. The highest BCUT2D eigenvalue weighted by atomic mass is 19.3. The molecule has 0 nitrogen and oxygen atoms in total. The lowest BCUT2D eigenvalue weighted by Crippen LogP contribution is -2.47. The third-order valence-corrected chi connectivity index (χ3v) is 1.33. The van der Waals surface area contributed by atoms with E-state index < -0.39 is 31.1 Å². The van der Waals surface area contributed by atoms with Crippen molar-refractivity contribution in [3.63, 3.8) is 0 Å². The van der Waals surface area contributed by atoms with E-state index in [1.54, 1.807) is 0 Å². The molecule has 0 N–H and O–H groups in total. The molecule has 6 heteroatoms. The Hall–Kier alpha value is -0.420. The van der Waals surface area contributed by atoms with E-state index >= 15 is 0 Å². The molecule has 0 aromatic heterocycles. The van der Waals surface area contributed by atoms with Crippen molar-refractivity contribution in [2.45, 2.75) is 31.4 Å². The van der Waals surface area contributed by atoms with Gasteiger partial charge in [-0.25, -0.2) is 8.78 Å². The van der Waals surface area contributed by atoms with Gasteiger partial charge in [-0.3, -0.25) is 0 Å². The molecule has 1 unspecified atom stereocenters. The third-order valence-electron chi connectivity index (χ3n) is 1.33. The second kappa shape index (κ2) is 3.53. The summed E-state index contributed by atoms with van der Waals surface area (Å²) in [5.41, 5.74) is 0. The summed E-state index contributed by atoms with van der Waals surface area (Å²) in [7, 11) is 0. The summed E-state index contributed by atoms with van der Waals surface area (Å²) in [5, 5.41) is 0. The fourth-order valence-corrected chi connectivity index (χ4v) is 0.538. The van der Waals surface area contributed by atoms with Gasteiger partial charge in [-0.15, -0.1) is 0 Å². The fraction of sp³-hybridized carbons (Fsp3) is 0.833. The van der Waals surface area contributed by atoms with Crippen LogP contribution < -0.4 is 0 Å². The number of hydrogen-bond acceptors (Lipinski definition) is 0. The van der Waals surface area contributed by atoms with Crippen LogP contribution in [0.3, 0.4) is 0 Å². The lowest BCUT2D eigenvalue weighted by Gasteiger charge is -2.25. The average Bonchev–Trinajstić information content (AvgIpc) is 2.02. The van der Waals surface area contributed by atoms with Gasteiger partial charge in [-0.05, 0) is 6.42 Å². The lowest BCUT2D eigenvalue weighted by atomic mass is 10.1. The Morgan fingerprint density at radius 3 is 1.92 bits per heavy atom. The minimum absolute atomic E-state index is 0.795. The van der Waals surface area contributed by atoms with Crippen molar-refractivity contribution in [2.75, 3.05) is 0 Å². The first-order valence-corrected chi connectivity index (χ1v) is 3.14. The first-order chi connectivity index (χ1) is 5.29. The molecule has 0 saturated carbocycles. The monoisotopic (exact) mass is 193 g/mol. The van der Waals surface area contributed by atoms with E-state index in [9.17, 15) is 26.3 Å². The summed E-state index contributed by atoms with van der Waals surface area (Å²) in [6.07, 6.45) is -3.84. The van der Waals surface area contributed by atoms with Crippen LogP contribution in [0.15, 0.2) is 0 Å². The van der Waals surface area contributed by atoms with E-state index in [1.165, 1.54) is 0 Å². The average molecular weight is 193 g/mol. The summed E-state index contributed by atoms with van der Waals surface area (Å²) in [5.74, 6) is -10.0. The van der Waals surface area contributed by atoms with Gasteiger partial charge in [-0.2, -0.15) is 17.6 Å². The Morgan fingerprint density at radius 2 is 1.67 bits per heavy atom. The zero-order valence-corrected chi connectivity index (χ0v) is 6.13. The van der Waals surface area contributed by atoms with Gasteiger partial charge in [0.1, 0.15) is 0 Å². The second-order valence-corrected chi connectivity index (χ2v) is 2.23. The van der Waals surface area contributed by atoms with Crippen molar-refractivity contribution in [3.8, 4) is 0 Å². The minimum atomic E-state index is -5.04. The fourth-order valence-electron chi connectivity index (χ4n) is 0.538. The topological polar surface area (TPSA) is 0 Å². The van der Waals surface area contributed by atoms with Crippen LogP contribution >= 0.6 is 0 Å². The number of alkyl halides is 5. The van der Waals surface area contributed by atoms with Crippen molar-refractivity contribution < 1.29 is 26.3 Å². The summed E-state index contributed by atoms with van der Waals surface area (Å²) in [6, 6.07) is 0. The van der Waals surface area contributed by atoms with Gasteiger partial charge in [-0.1, -0.05) is 6.92 Å². The number of rotatable bonds is 4. The van der Waals surface area contributed by atoms with E-state index in [2.05, 4.69) is 0 Å². The van der Waals surface area contributed by atoms with E-state index in [0.717, 1.165) is 6.92 Å². The van der Waals surface area contributed by atoms with Crippen LogP contribution in [0.4, 0.5) is 26.3 Å². The van der Waals surface area contributed by atoms with Gasteiger partial charge >= 0.3 is 11.8 Å². The first-order valence-electron chi connectivity index (χ1n) is 3.14. The summed E-state index contributed by atoms with van der Waals surface area (Å²) >= 11 is 0. The van der Waals surface area contributed by atoms with Crippen molar-refractivity contribution >= 4 is 0 Å². The van der Waals surface area contributed by atoms with Crippen LogP contribution in [0.25, 0.3) is 0 Å². The van der Waals surface area contributed by atoms with Gasteiger partial charge in [0.15, 0.2) is 6.17 Å². The molecule has 1 atom stereocenters. The zero-order valence-electron chi connectivity index (χ0n) is 6.13. The van der Waals surface area contributed by atoms with Crippen LogP contribution in [-0.4, -0.2) is 18.0 Å². The van der Waals surface area contributed by atoms with Crippen molar-refractivity contribution in [3.05, 3.63) is 6.67 Å². The summed E-state index contributed by atoms with van der Waals surface area (Å²) in [6.45, 7) is -0.526. The van der Waals surface area contributed by atoms with E-state index in [0.29, 0.717) is 0 Å². The van der Waals surface area contributed by atoms with Crippen LogP contribution in [0.2, 0.25) is 0 Å². The molecule has 0 aromatic carbocycles. The molecular formula is C6H7F6. The molecule has 0 bridgehead atoms. The summed E-state index contributed by atoms with van der Waals surface area (Å²) in [4.78, 5) is 0. The molecule has 0 aliphatic heterocycles. The SMILES string of the molecule is CCC(F)C(F)(F)C(F)(F)[CH]F. The second-order valence-electron chi connectivity index (χ2n) is 2.23. The molecule has 0 spiro atoms. The molecule has 73 valence electrons. The molecule has 0 heterocycles. The van der Waals surface area contributed by atoms with Crippen LogP contribution in [-0.2, 0) is 0 Å². The van der Waals surface area contributed by atoms with Crippen LogP contribution in [0.5, 0.6) is 0 Å². The van der Waals surface area contributed by atoms with E-state index in [1.807, 2.05) is 0 Å². The molecule has 0 aromatic rings. The van der Waals surface area contributed by atoms with Crippen molar-refractivity contribution in [2.24, 2.45) is 0 Å². The van der Waals surface area contributed by atoms with Crippen LogP contribution in [0, 0.1) is 6.67 Å². The van der Waals surface area contributed by atoms with Gasteiger partial charge in [0.2, 0.25) is 6.67 Å². The van der Waals surface area contributed by atoms with Crippen molar-refractivity contribution in [1.29, 1.82) is 0 Å². The van der Waals surface area contributed by atoms with Gasteiger partial charge in [0, 0.05) is 0 Å². The third kappa shape index (κ3) is 1.84. The predicted molar refractivity (Wildman–Crippen MR) is 30.5 cm³/mol. The van der Waals surface area contributed by atoms with E-state index in [-0.39, 0.29) is 0 Å². The highest BCUT2D eigenvalue weighted by molar-refractivity contribution is 4.95. The zero-order chi connectivity index (χ0) is 9.99. The largest absolute Gasteiger partial charge is 0.346 e. The maximum atomic E-state index is 12.2. The lowest BCUT2D eigenvalue weighted by molar-refractivity contribution is -0.229. The molecule has 0 saturated heterocycles. The predicted octanol–water partition coefficient (Wildman–Crippen LogP) is 3.14. The highest BCUT2D eigenvalue weighted by Gasteiger charge is 2.61. The van der Waals surface area contributed by atoms with Gasteiger partial charge < -0.3 is 0 Å². The Labute approximate surface area is 65.6 Å². The quantitative estimate of drug-likeness (QED) is 0.601. The minimum Gasteiger partial charge on any atom is -0.241 e. The molecule has 0 aliphatic carbocycles. The molecule has 0 aliphatic rings. The normalized spacial score (nSPS) is 16.2. The van der Waals surface area contributed by atoms with Crippen LogP contribution in [0.1, 0.15) is 13.3 Å². The molecule has 0 amide bonds. The standard InChI is InChI=1S/C6H7F6/c1-2-4(8)6(11,12)5(9,10)3-7/h3-4H,2H2,1H3. The molecular weight excluding hydrogens is 186 g/mol. The van der Waals surface area contributed by atoms with Crippen molar-refractivity contribution in [1.82, 2.24) is 0 Å². The van der Waals surface area contributed by atoms with E-state index in [4.69, 9.17) is 0 Å². The Kier molecular flexibility index (Phi) is 3.41. The maximum Gasteiger partial charge on any atom is 0.346 e. The first kappa shape index (κ1) is 11.6. The van der Waals surface area contributed by atoms with Gasteiger partial charge in [0.25, 0.3) is 0 Å². The molecule has 1 radical (unpaired) electrons. The molecule has 0 fully saturated rings. The number of hydrogen-bond donors (Lipinski definition) is 0. The van der Waals surface area contributed by atoms with Gasteiger partial charge in [0.05, 0.1) is 0 Å². The maximum absolute atomic E-state index is 12.2. The molecule has 0 rings (SSSR count). The Balaban J connectivity index is 4.58. The Bertz CT molecular complexity index is 143. The Morgan fingerprint density at radius 1 is 1.25 bits per heavy atom. The highest BCUT2D eigenvalue weighted by Crippen LogP contribution is 2.41.